The molecule has 1 heterocycles. The van der Waals surface area contributed by atoms with Crippen LogP contribution in [-0.4, -0.2) is 39.7 Å². The number of aliphatic hydroxyl groups is 1. The molecule has 1 amide bonds. The molecule has 94 valence electrons. The number of carbonyl (C=O) groups is 2. The van der Waals surface area contributed by atoms with E-state index in [1.807, 2.05) is 6.07 Å². The number of aromatic nitrogens is 1. The number of aromatic amines is 1. The predicted octanol–water partition coefficient (Wildman–Crippen LogP) is 0.343. The Hall–Kier alpha value is -2.34. The average Bonchev–Trinajstić information content (AvgIpc) is 2.82. The summed E-state index contributed by atoms with van der Waals surface area (Å²) >= 11 is 0. The van der Waals surface area contributed by atoms with Crippen LogP contribution in [0.1, 0.15) is 10.4 Å². The van der Waals surface area contributed by atoms with Crippen LogP contribution in [0.25, 0.3) is 10.9 Å². The molecule has 2 aromatic rings. The summed E-state index contributed by atoms with van der Waals surface area (Å²) in [5, 5.41) is 20.7. The maximum atomic E-state index is 11.8. The summed E-state index contributed by atoms with van der Waals surface area (Å²) in [5.74, 6) is -1.80. The minimum absolute atomic E-state index is 0.349. The smallest absolute Gasteiger partial charge is 0.328 e. The highest BCUT2D eigenvalue weighted by atomic mass is 16.4. The largest absolute Gasteiger partial charge is 0.480 e. The fourth-order valence-electron chi connectivity index (χ4n) is 1.62. The number of H-pyrrole nitrogens is 1. The molecule has 1 aromatic carbocycles. The molecule has 1 unspecified atom stereocenters. The Morgan fingerprint density at radius 3 is 2.78 bits per heavy atom. The summed E-state index contributed by atoms with van der Waals surface area (Å²) in [6.45, 7) is -0.645. The van der Waals surface area contributed by atoms with Gasteiger partial charge in [-0.2, -0.15) is 0 Å². The van der Waals surface area contributed by atoms with Crippen molar-refractivity contribution in [2.24, 2.45) is 0 Å². The molecule has 0 saturated carbocycles. The van der Waals surface area contributed by atoms with Gasteiger partial charge in [0.05, 0.1) is 6.61 Å². The molecule has 0 aliphatic heterocycles. The van der Waals surface area contributed by atoms with Crippen molar-refractivity contribution in [3.8, 4) is 0 Å². The Labute approximate surface area is 102 Å². The van der Waals surface area contributed by atoms with E-state index in [2.05, 4.69) is 10.3 Å². The van der Waals surface area contributed by atoms with Crippen molar-refractivity contribution in [2.75, 3.05) is 6.61 Å². The van der Waals surface area contributed by atoms with Crippen LogP contribution in [-0.2, 0) is 4.79 Å². The minimum atomic E-state index is -1.29. The van der Waals surface area contributed by atoms with Gasteiger partial charge in [0.1, 0.15) is 0 Å². The van der Waals surface area contributed by atoms with Crippen molar-refractivity contribution in [2.45, 2.75) is 6.04 Å². The van der Waals surface area contributed by atoms with Crippen molar-refractivity contribution in [1.29, 1.82) is 0 Å². The van der Waals surface area contributed by atoms with E-state index in [-0.39, 0.29) is 0 Å². The first kappa shape index (κ1) is 12.1. The predicted molar refractivity (Wildman–Crippen MR) is 64.3 cm³/mol. The molecule has 2 rings (SSSR count). The minimum Gasteiger partial charge on any atom is -0.480 e. The molecule has 18 heavy (non-hydrogen) atoms. The first-order valence-corrected chi connectivity index (χ1v) is 5.33. The highest BCUT2D eigenvalue weighted by Crippen LogP contribution is 2.14. The van der Waals surface area contributed by atoms with E-state index in [9.17, 15) is 9.59 Å². The van der Waals surface area contributed by atoms with Crippen LogP contribution < -0.4 is 5.32 Å². The third-order valence-corrected chi connectivity index (χ3v) is 2.60. The Bertz CT molecular complexity index is 591. The summed E-state index contributed by atoms with van der Waals surface area (Å²) < 4.78 is 0. The van der Waals surface area contributed by atoms with Gasteiger partial charge in [-0.3, -0.25) is 4.79 Å². The van der Waals surface area contributed by atoms with Gasteiger partial charge in [-0.15, -0.1) is 0 Å². The SMILES string of the molecule is O=C(NC(CO)C(=O)O)c1ccc2[nH]ccc2c1. The first-order valence-electron chi connectivity index (χ1n) is 5.33. The Kier molecular flexibility index (Phi) is 3.29. The molecule has 0 spiro atoms. The van der Waals surface area contributed by atoms with Crippen LogP contribution in [0.3, 0.4) is 0 Å². The van der Waals surface area contributed by atoms with Crippen LogP contribution in [0.5, 0.6) is 0 Å². The third-order valence-electron chi connectivity index (χ3n) is 2.60. The zero-order valence-electron chi connectivity index (χ0n) is 9.38. The van der Waals surface area contributed by atoms with Crippen LogP contribution >= 0.6 is 0 Å². The monoisotopic (exact) mass is 248 g/mol. The van der Waals surface area contributed by atoms with Crippen LogP contribution in [0, 0.1) is 0 Å². The van der Waals surface area contributed by atoms with Gasteiger partial charge in [-0.1, -0.05) is 0 Å². The van der Waals surface area contributed by atoms with Gasteiger partial charge in [0.25, 0.3) is 5.91 Å². The standard InChI is InChI=1S/C12H12N2O4/c15-6-10(12(17)18)14-11(16)8-1-2-9-7(5-8)3-4-13-9/h1-5,10,13,15H,6H2,(H,14,16)(H,17,18). The van der Waals surface area contributed by atoms with Gasteiger partial charge >= 0.3 is 5.97 Å². The maximum Gasteiger partial charge on any atom is 0.328 e. The molecule has 0 bridgehead atoms. The summed E-state index contributed by atoms with van der Waals surface area (Å²) in [4.78, 5) is 25.5. The van der Waals surface area contributed by atoms with Crippen molar-refractivity contribution >= 4 is 22.8 Å². The number of aliphatic carboxylic acids is 1. The van der Waals surface area contributed by atoms with Gasteiger partial charge in [0.2, 0.25) is 0 Å². The lowest BCUT2D eigenvalue weighted by atomic mass is 10.1. The molecule has 0 aliphatic carbocycles. The average molecular weight is 248 g/mol. The number of nitrogens with one attached hydrogen (secondary N) is 2. The molecule has 0 aliphatic rings. The molecule has 4 N–H and O–H groups in total. The van der Waals surface area contributed by atoms with E-state index in [0.717, 1.165) is 10.9 Å². The molecule has 0 saturated heterocycles. The number of hydrogen-bond donors (Lipinski definition) is 4. The number of rotatable bonds is 4. The quantitative estimate of drug-likeness (QED) is 0.626. The van der Waals surface area contributed by atoms with E-state index < -0.39 is 24.5 Å². The third kappa shape index (κ3) is 2.33. The van der Waals surface area contributed by atoms with Gasteiger partial charge in [-0.05, 0) is 24.3 Å². The number of carboxylic acid groups (broad SMARTS) is 1. The second kappa shape index (κ2) is 4.89. The molecule has 6 heteroatoms. The summed E-state index contributed by atoms with van der Waals surface area (Å²) in [5.41, 5.74) is 1.24. The van der Waals surface area contributed by atoms with Crippen molar-refractivity contribution in [3.63, 3.8) is 0 Å². The lowest BCUT2D eigenvalue weighted by Gasteiger charge is -2.11. The molecular weight excluding hydrogens is 236 g/mol. The number of benzene rings is 1. The molecular formula is C12H12N2O4. The van der Waals surface area contributed by atoms with Crippen molar-refractivity contribution in [1.82, 2.24) is 10.3 Å². The number of fused-ring (bicyclic) bond motifs is 1. The number of carbonyl (C=O) groups excluding carboxylic acids is 1. The molecule has 1 atom stereocenters. The number of carboxylic acids is 1. The number of hydrogen-bond acceptors (Lipinski definition) is 3. The summed E-state index contributed by atoms with van der Waals surface area (Å²) in [6, 6.07) is 5.49. The zero-order chi connectivity index (χ0) is 13.1. The summed E-state index contributed by atoms with van der Waals surface area (Å²) in [6.07, 6.45) is 1.75. The highest BCUT2D eigenvalue weighted by Gasteiger charge is 2.19. The Morgan fingerprint density at radius 1 is 1.33 bits per heavy atom. The van der Waals surface area contributed by atoms with Crippen molar-refractivity contribution in [3.05, 3.63) is 36.0 Å². The van der Waals surface area contributed by atoms with Gasteiger partial charge < -0.3 is 20.5 Å². The van der Waals surface area contributed by atoms with Crippen molar-refractivity contribution < 1.29 is 19.8 Å². The van der Waals surface area contributed by atoms with E-state index >= 15 is 0 Å². The van der Waals surface area contributed by atoms with E-state index in [0.29, 0.717) is 5.56 Å². The molecule has 0 fully saturated rings. The van der Waals surface area contributed by atoms with Crippen LogP contribution in [0.15, 0.2) is 30.5 Å². The van der Waals surface area contributed by atoms with E-state index in [1.54, 1.807) is 24.4 Å². The lowest BCUT2D eigenvalue weighted by molar-refractivity contribution is -0.140. The molecule has 1 aromatic heterocycles. The topological polar surface area (TPSA) is 102 Å². The van der Waals surface area contributed by atoms with Gasteiger partial charge in [0.15, 0.2) is 6.04 Å². The van der Waals surface area contributed by atoms with E-state index in [4.69, 9.17) is 10.2 Å². The second-order valence-corrected chi connectivity index (χ2v) is 3.83. The van der Waals surface area contributed by atoms with Crippen LogP contribution in [0.2, 0.25) is 0 Å². The lowest BCUT2D eigenvalue weighted by Crippen LogP contribution is -2.43. The zero-order valence-corrected chi connectivity index (χ0v) is 9.38. The second-order valence-electron chi connectivity index (χ2n) is 3.83. The van der Waals surface area contributed by atoms with Gasteiger partial charge in [-0.25, -0.2) is 4.79 Å². The fourth-order valence-corrected chi connectivity index (χ4v) is 1.62. The summed E-state index contributed by atoms with van der Waals surface area (Å²) in [7, 11) is 0. The Morgan fingerprint density at radius 2 is 2.11 bits per heavy atom. The fraction of sp³-hybridized carbons (Fsp3) is 0.167. The Balaban J connectivity index is 2.19. The normalized spacial score (nSPS) is 12.3. The molecule has 0 radical (unpaired) electrons. The molecule has 6 nitrogen and oxygen atoms in total. The first-order chi connectivity index (χ1) is 8.61. The van der Waals surface area contributed by atoms with Gasteiger partial charge in [0, 0.05) is 22.7 Å². The number of aliphatic hydroxyl groups excluding tert-OH is 1. The van der Waals surface area contributed by atoms with E-state index in [1.165, 1.54) is 0 Å². The highest BCUT2D eigenvalue weighted by molar-refractivity contribution is 5.99. The maximum absolute atomic E-state index is 11.8. The van der Waals surface area contributed by atoms with Crippen LogP contribution in [0.4, 0.5) is 0 Å². The number of amides is 1.